The zero-order chi connectivity index (χ0) is 11.1. The molecule has 0 aromatic rings. The summed E-state index contributed by atoms with van der Waals surface area (Å²) in [6, 6.07) is 0.786. The molecule has 1 heterocycles. The monoisotopic (exact) mass is 227 g/mol. The Hall–Kier alpha value is 0.310. The van der Waals surface area contributed by atoms with E-state index in [-0.39, 0.29) is 0 Å². The first-order chi connectivity index (χ1) is 6.98. The number of fused-ring (bicyclic) bond motifs is 1. The van der Waals surface area contributed by atoms with Gasteiger partial charge in [0.05, 0.1) is 0 Å². The van der Waals surface area contributed by atoms with Gasteiger partial charge in [-0.25, -0.2) is 0 Å². The van der Waals surface area contributed by atoms with Crippen molar-refractivity contribution >= 4 is 11.8 Å². The van der Waals surface area contributed by atoms with Crippen LogP contribution in [-0.2, 0) is 0 Å². The van der Waals surface area contributed by atoms with E-state index >= 15 is 0 Å². The molecule has 15 heavy (non-hydrogen) atoms. The van der Waals surface area contributed by atoms with Gasteiger partial charge in [0.25, 0.3) is 0 Å². The average Bonchev–Trinajstić information content (AvgIpc) is 2.15. The third-order valence-corrected chi connectivity index (χ3v) is 5.85. The van der Waals surface area contributed by atoms with Crippen LogP contribution in [0.5, 0.6) is 0 Å². The molecule has 1 saturated heterocycles. The van der Waals surface area contributed by atoms with Crippen molar-refractivity contribution in [2.24, 2.45) is 11.8 Å². The maximum Gasteiger partial charge on any atom is 0.0218 e. The molecule has 1 aliphatic heterocycles. The number of rotatable bonds is 1. The molecule has 2 fully saturated rings. The molecule has 88 valence electrons. The van der Waals surface area contributed by atoms with E-state index in [1.165, 1.54) is 25.0 Å². The molecular formula is C13H25NS. The van der Waals surface area contributed by atoms with Gasteiger partial charge in [-0.15, -0.1) is 0 Å². The molecule has 2 rings (SSSR count). The second-order valence-corrected chi connectivity index (χ2v) is 7.53. The zero-order valence-corrected chi connectivity index (χ0v) is 11.4. The van der Waals surface area contributed by atoms with E-state index in [0.29, 0.717) is 5.54 Å². The Morgan fingerprint density at radius 2 is 2.00 bits per heavy atom. The molecule has 0 amide bonds. The van der Waals surface area contributed by atoms with Crippen molar-refractivity contribution < 1.29 is 0 Å². The summed E-state index contributed by atoms with van der Waals surface area (Å²) in [6.45, 7) is 9.45. The van der Waals surface area contributed by atoms with Crippen molar-refractivity contribution in [3.8, 4) is 0 Å². The van der Waals surface area contributed by atoms with E-state index in [2.05, 4.69) is 44.8 Å². The fourth-order valence-electron chi connectivity index (χ4n) is 2.97. The molecule has 2 aliphatic rings. The lowest BCUT2D eigenvalue weighted by Crippen LogP contribution is -2.57. The molecule has 3 atom stereocenters. The van der Waals surface area contributed by atoms with E-state index in [1.807, 2.05) is 0 Å². The van der Waals surface area contributed by atoms with Crippen LogP contribution in [0.25, 0.3) is 0 Å². The molecule has 0 aromatic heterocycles. The lowest BCUT2D eigenvalue weighted by Gasteiger charge is -2.46. The van der Waals surface area contributed by atoms with Crippen LogP contribution in [0.15, 0.2) is 0 Å². The highest BCUT2D eigenvalue weighted by molar-refractivity contribution is 8.00. The van der Waals surface area contributed by atoms with Crippen LogP contribution in [-0.4, -0.2) is 22.6 Å². The van der Waals surface area contributed by atoms with Gasteiger partial charge in [0, 0.05) is 22.6 Å². The Bertz CT molecular complexity index is 225. The SMILES string of the molecule is CC(C)C1CCC2NC(C)(C)CSC2C1. The van der Waals surface area contributed by atoms with Gasteiger partial charge in [-0.3, -0.25) is 0 Å². The van der Waals surface area contributed by atoms with Gasteiger partial charge in [-0.05, 0) is 44.9 Å². The van der Waals surface area contributed by atoms with Gasteiger partial charge in [0.2, 0.25) is 0 Å². The van der Waals surface area contributed by atoms with Crippen LogP contribution in [0.1, 0.15) is 47.0 Å². The van der Waals surface area contributed by atoms with E-state index in [1.54, 1.807) is 0 Å². The Kier molecular flexibility index (Phi) is 3.37. The molecule has 2 heteroatoms. The van der Waals surface area contributed by atoms with E-state index in [9.17, 15) is 0 Å². The highest BCUT2D eigenvalue weighted by atomic mass is 32.2. The minimum absolute atomic E-state index is 0.358. The molecule has 0 aromatic carbocycles. The number of nitrogens with one attached hydrogen (secondary N) is 1. The number of thioether (sulfide) groups is 1. The van der Waals surface area contributed by atoms with E-state index in [4.69, 9.17) is 0 Å². The van der Waals surface area contributed by atoms with Crippen molar-refractivity contribution in [2.75, 3.05) is 5.75 Å². The zero-order valence-electron chi connectivity index (χ0n) is 10.5. The fourth-order valence-corrected chi connectivity index (χ4v) is 4.51. The maximum absolute atomic E-state index is 3.83. The van der Waals surface area contributed by atoms with Gasteiger partial charge in [-0.2, -0.15) is 11.8 Å². The molecule has 1 aliphatic carbocycles. The first-order valence-electron chi connectivity index (χ1n) is 6.37. The van der Waals surface area contributed by atoms with Crippen LogP contribution in [0.4, 0.5) is 0 Å². The summed E-state index contributed by atoms with van der Waals surface area (Å²) >= 11 is 2.21. The summed E-state index contributed by atoms with van der Waals surface area (Å²) in [4.78, 5) is 0. The smallest absolute Gasteiger partial charge is 0.0218 e. The predicted octanol–water partition coefficient (Wildman–Crippen LogP) is 3.29. The molecule has 1 N–H and O–H groups in total. The number of hydrogen-bond donors (Lipinski definition) is 1. The van der Waals surface area contributed by atoms with Crippen LogP contribution in [0, 0.1) is 11.8 Å². The average molecular weight is 227 g/mol. The first-order valence-corrected chi connectivity index (χ1v) is 7.42. The van der Waals surface area contributed by atoms with Crippen molar-refractivity contribution in [3.63, 3.8) is 0 Å². The molecular weight excluding hydrogens is 202 g/mol. The van der Waals surface area contributed by atoms with Crippen LogP contribution >= 0.6 is 11.8 Å². The minimum Gasteiger partial charge on any atom is -0.307 e. The van der Waals surface area contributed by atoms with E-state index < -0.39 is 0 Å². The maximum atomic E-state index is 3.83. The Morgan fingerprint density at radius 3 is 2.67 bits per heavy atom. The fraction of sp³-hybridized carbons (Fsp3) is 1.00. The summed E-state index contributed by atoms with van der Waals surface area (Å²) in [5.74, 6) is 3.13. The number of hydrogen-bond acceptors (Lipinski definition) is 2. The van der Waals surface area contributed by atoms with Crippen molar-refractivity contribution in [1.82, 2.24) is 5.32 Å². The summed E-state index contributed by atoms with van der Waals surface area (Å²) < 4.78 is 0. The van der Waals surface area contributed by atoms with Crippen molar-refractivity contribution in [2.45, 2.75) is 63.8 Å². The molecule has 1 saturated carbocycles. The van der Waals surface area contributed by atoms with Crippen molar-refractivity contribution in [1.29, 1.82) is 0 Å². The molecule has 1 nitrogen and oxygen atoms in total. The highest BCUT2D eigenvalue weighted by Gasteiger charge is 2.38. The van der Waals surface area contributed by atoms with Gasteiger partial charge < -0.3 is 5.32 Å². The largest absolute Gasteiger partial charge is 0.307 e. The normalized spacial score (nSPS) is 40.2. The molecule has 0 bridgehead atoms. The molecule has 0 radical (unpaired) electrons. The van der Waals surface area contributed by atoms with Gasteiger partial charge in [0.15, 0.2) is 0 Å². The Morgan fingerprint density at radius 1 is 1.27 bits per heavy atom. The quantitative estimate of drug-likeness (QED) is 0.738. The second kappa shape index (κ2) is 4.29. The third kappa shape index (κ3) is 2.71. The van der Waals surface area contributed by atoms with Gasteiger partial charge in [0.1, 0.15) is 0 Å². The van der Waals surface area contributed by atoms with Gasteiger partial charge in [-0.1, -0.05) is 13.8 Å². The first kappa shape index (κ1) is 11.8. The predicted molar refractivity (Wildman–Crippen MR) is 69.4 cm³/mol. The second-order valence-electron chi connectivity index (χ2n) is 6.30. The van der Waals surface area contributed by atoms with Gasteiger partial charge >= 0.3 is 0 Å². The van der Waals surface area contributed by atoms with Crippen LogP contribution in [0.2, 0.25) is 0 Å². The minimum atomic E-state index is 0.358. The Labute approximate surface area is 98.8 Å². The lowest BCUT2D eigenvalue weighted by molar-refractivity contribution is 0.214. The Balaban J connectivity index is 1.95. The summed E-state index contributed by atoms with van der Waals surface area (Å²) in [7, 11) is 0. The standard InChI is InChI=1S/C13H25NS/c1-9(2)10-5-6-11-12(7-10)15-8-13(3,4)14-11/h9-12,14H,5-8H2,1-4H3. The summed E-state index contributed by atoms with van der Waals surface area (Å²) in [5.41, 5.74) is 0.358. The lowest BCUT2D eigenvalue weighted by atomic mass is 9.78. The molecule has 0 spiro atoms. The highest BCUT2D eigenvalue weighted by Crippen LogP contribution is 2.40. The summed E-state index contributed by atoms with van der Waals surface area (Å²) in [6.07, 6.45) is 4.27. The van der Waals surface area contributed by atoms with E-state index in [0.717, 1.165) is 23.1 Å². The topological polar surface area (TPSA) is 12.0 Å². The van der Waals surface area contributed by atoms with Crippen LogP contribution in [0.3, 0.4) is 0 Å². The van der Waals surface area contributed by atoms with Crippen LogP contribution < -0.4 is 5.32 Å². The summed E-state index contributed by atoms with van der Waals surface area (Å²) in [5, 5.41) is 4.72. The third-order valence-electron chi connectivity index (χ3n) is 4.01. The van der Waals surface area contributed by atoms with Crippen molar-refractivity contribution in [3.05, 3.63) is 0 Å². The molecule has 3 unspecified atom stereocenters.